The van der Waals surface area contributed by atoms with Crippen LogP contribution in [0.2, 0.25) is 10.0 Å². The summed E-state index contributed by atoms with van der Waals surface area (Å²) >= 11 is 12.2. The van der Waals surface area contributed by atoms with E-state index in [1.165, 1.54) is 0 Å². The van der Waals surface area contributed by atoms with Crippen LogP contribution < -0.4 is 10.6 Å². The van der Waals surface area contributed by atoms with Crippen molar-refractivity contribution in [2.24, 2.45) is 15.9 Å². The van der Waals surface area contributed by atoms with Crippen LogP contribution in [0.4, 0.5) is 5.69 Å². The number of amidine groups is 1. The molecule has 0 aliphatic carbocycles. The van der Waals surface area contributed by atoms with Crippen molar-refractivity contribution >= 4 is 46.3 Å². The summed E-state index contributed by atoms with van der Waals surface area (Å²) in [6, 6.07) is 12.8. The van der Waals surface area contributed by atoms with Gasteiger partial charge in [0, 0.05) is 33.4 Å². The van der Waals surface area contributed by atoms with Gasteiger partial charge in [0.2, 0.25) is 5.91 Å². The molecule has 1 unspecified atom stereocenters. The third kappa shape index (κ3) is 6.09. The molecule has 0 saturated carbocycles. The number of hydrogen-bond donors (Lipinski definition) is 3. The van der Waals surface area contributed by atoms with Crippen LogP contribution in [-0.2, 0) is 11.2 Å². The minimum Gasteiger partial charge on any atom is -0.394 e. The molecule has 170 valence electrons. The molecule has 0 bridgehead atoms. The van der Waals surface area contributed by atoms with E-state index in [1.54, 1.807) is 19.1 Å². The lowest BCUT2D eigenvalue weighted by atomic mass is 9.98. The second-order valence-electron chi connectivity index (χ2n) is 8.09. The normalized spacial score (nSPS) is 17.9. The standard InChI is InChI=1S/C24H28Cl2N4O2/c1-14(2)22-18-6-4-5-7-20(18)28-23(27-15(3)13-31)24(30-22)29-21(32)11-9-16-8-10-17(25)12-19(16)26/h4-8,10,12,14-15,24,31H,9,11,13H2,1-3H3,(H,27,28)(H,29,32)/t15-,24?/m0/s1. The van der Waals surface area contributed by atoms with E-state index in [0.29, 0.717) is 22.3 Å². The minimum absolute atomic E-state index is 0.108. The zero-order valence-corrected chi connectivity index (χ0v) is 19.9. The molecule has 0 spiro atoms. The molecule has 1 aliphatic rings. The molecule has 6 nitrogen and oxygen atoms in total. The number of carbonyl (C=O) groups excluding carboxylic acids is 1. The Morgan fingerprint density at radius 3 is 2.66 bits per heavy atom. The molecular formula is C24H28Cl2N4O2. The Labute approximate surface area is 198 Å². The maximum atomic E-state index is 12.8. The van der Waals surface area contributed by atoms with Gasteiger partial charge in [-0.1, -0.05) is 61.3 Å². The Morgan fingerprint density at radius 2 is 1.97 bits per heavy atom. The highest BCUT2D eigenvalue weighted by atomic mass is 35.5. The van der Waals surface area contributed by atoms with Crippen molar-refractivity contribution < 1.29 is 9.90 Å². The van der Waals surface area contributed by atoms with E-state index in [2.05, 4.69) is 29.5 Å². The molecule has 1 heterocycles. The smallest absolute Gasteiger partial charge is 0.222 e. The number of aliphatic hydroxyl groups excluding tert-OH is 1. The summed E-state index contributed by atoms with van der Waals surface area (Å²) in [4.78, 5) is 22.3. The number of aliphatic hydroxyl groups is 1. The van der Waals surface area contributed by atoms with E-state index in [1.807, 2.05) is 30.3 Å². The number of halogens is 2. The van der Waals surface area contributed by atoms with Crippen LogP contribution in [0.3, 0.4) is 0 Å². The van der Waals surface area contributed by atoms with Gasteiger partial charge in [0.1, 0.15) is 5.84 Å². The predicted octanol–water partition coefficient (Wildman–Crippen LogP) is 4.72. The Balaban J connectivity index is 1.86. The fourth-order valence-corrected chi connectivity index (χ4v) is 3.93. The predicted molar refractivity (Wildman–Crippen MR) is 132 cm³/mol. The van der Waals surface area contributed by atoms with Crippen LogP contribution in [0, 0.1) is 5.92 Å². The quantitative estimate of drug-likeness (QED) is 0.542. The molecule has 3 rings (SSSR count). The van der Waals surface area contributed by atoms with Gasteiger partial charge in [-0.15, -0.1) is 0 Å². The SMILES string of the molecule is CC(C)C1=NC(NC(=O)CCc2ccc(Cl)cc2Cl)C(=N[C@@H](C)CO)Nc2ccccc21. The Hall–Kier alpha value is -2.41. The first-order valence-corrected chi connectivity index (χ1v) is 11.4. The number of rotatable bonds is 7. The summed E-state index contributed by atoms with van der Waals surface area (Å²) < 4.78 is 0. The second kappa shape index (κ2) is 10.9. The lowest BCUT2D eigenvalue weighted by Gasteiger charge is -2.19. The van der Waals surface area contributed by atoms with Crippen LogP contribution in [0.5, 0.6) is 0 Å². The molecule has 1 aliphatic heterocycles. The number of hydrogen-bond acceptors (Lipinski definition) is 4. The summed E-state index contributed by atoms with van der Waals surface area (Å²) in [6.45, 7) is 5.83. The van der Waals surface area contributed by atoms with Crippen molar-refractivity contribution in [1.82, 2.24) is 5.32 Å². The van der Waals surface area contributed by atoms with Gasteiger partial charge in [0.05, 0.1) is 12.6 Å². The van der Waals surface area contributed by atoms with Gasteiger partial charge in [0.25, 0.3) is 0 Å². The molecular weight excluding hydrogens is 447 g/mol. The topological polar surface area (TPSA) is 86.1 Å². The van der Waals surface area contributed by atoms with Crippen LogP contribution in [0.15, 0.2) is 52.4 Å². The van der Waals surface area contributed by atoms with Gasteiger partial charge >= 0.3 is 0 Å². The summed E-state index contributed by atoms with van der Waals surface area (Å²) in [5, 5.41) is 16.9. The molecule has 2 aromatic carbocycles. The summed E-state index contributed by atoms with van der Waals surface area (Å²) in [5.41, 5.74) is 3.57. The monoisotopic (exact) mass is 474 g/mol. The zero-order chi connectivity index (χ0) is 23.3. The minimum atomic E-state index is -0.693. The first kappa shape index (κ1) is 24.2. The molecule has 0 aromatic heterocycles. The molecule has 0 radical (unpaired) electrons. The average molecular weight is 475 g/mol. The molecule has 3 N–H and O–H groups in total. The number of amides is 1. The molecule has 0 saturated heterocycles. The van der Waals surface area contributed by atoms with Crippen LogP contribution >= 0.6 is 23.2 Å². The van der Waals surface area contributed by atoms with E-state index < -0.39 is 6.17 Å². The van der Waals surface area contributed by atoms with Crippen molar-refractivity contribution in [3.63, 3.8) is 0 Å². The number of nitrogens with zero attached hydrogens (tertiary/aromatic N) is 2. The highest BCUT2D eigenvalue weighted by Gasteiger charge is 2.26. The molecule has 2 aromatic rings. The van der Waals surface area contributed by atoms with Crippen molar-refractivity contribution in [2.75, 3.05) is 11.9 Å². The van der Waals surface area contributed by atoms with Crippen molar-refractivity contribution in [3.05, 3.63) is 63.6 Å². The number of carbonyl (C=O) groups is 1. The van der Waals surface area contributed by atoms with Gasteiger partial charge in [-0.25, -0.2) is 0 Å². The van der Waals surface area contributed by atoms with Gasteiger partial charge in [-0.05, 0) is 43.0 Å². The third-order valence-corrected chi connectivity index (χ3v) is 5.68. The van der Waals surface area contributed by atoms with Gasteiger partial charge in [0.15, 0.2) is 6.17 Å². The first-order valence-electron chi connectivity index (χ1n) is 10.6. The number of nitrogens with one attached hydrogen (secondary N) is 2. The molecule has 32 heavy (non-hydrogen) atoms. The number of anilines is 1. The first-order chi connectivity index (χ1) is 15.3. The van der Waals surface area contributed by atoms with Crippen molar-refractivity contribution in [1.29, 1.82) is 0 Å². The van der Waals surface area contributed by atoms with Gasteiger partial charge in [-0.2, -0.15) is 0 Å². The fraction of sp³-hybridized carbons (Fsp3) is 0.375. The maximum absolute atomic E-state index is 12.8. The third-order valence-electron chi connectivity index (χ3n) is 5.10. The number of fused-ring (bicyclic) bond motifs is 1. The number of para-hydroxylation sites is 1. The van der Waals surface area contributed by atoms with E-state index >= 15 is 0 Å². The van der Waals surface area contributed by atoms with Gasteiger partial charge < -0.3 is 15.7 Å². The number of aliphatic imine (C=N–C) groups is 2. The van der Waals surface area contributed by atoms with E-state index in [-0.39, 0.29) is 30.9 Å². The van der Waals surface area contributed by atoms with Crippen LogP contribution in [-0.4, -0.2) is 41.4 Å². The Kier molecular flexibility index (Phi) is 8.29. The van der Waals surface area contributed by atoms with Crippen LogP contribution in [0.1, 0.15) is 38.3 Å². The highest BCUT2D eigenvalue weighted by Crippen LogP contribution is 2.25. The molecule has 0 fully saturated rings. The molecule has 8 heteroatoms. The largest absolute Gasteiger partial charge is 0.394 e. The van der Waals surface area contributed by atoms with Crippen LogP contribution in [0.25, 0.3) is 0 Å². The summed E-state index contributed by atoms with van der Waals surface area (Å²) in [6.07, 6.45) is 0.0184. The molecule has 1 amide bonds. The summed E-state index contributed by atoms with van der Waals surface area (Å²) in [7, 11) is 0. The second-order valence-corrected chi connectivity index (χ2v) is 8.93. The highest BCUT2D eigenvalue weighted by molar-refractivity contribution is 6.35. The van der Waals surface area contributed by atoms with Crippen molar-refractivity contribution in [3.8, 4) is 0 Å². The maximum Gasteiger partial charge on any atom is 0.222 e. The van der Waals surface area contributed by atoms with E-state index in [0.717, 1.165) is 22.5 Å². The number of aryl methyl sites for hydroxylation is 1. The zero-order valence-electron chi connectivity index (χ0n) is 18.4. The summed E-state index contributed by atoms with van der Waals surface area (Å²) in [5.74, 6) is 0.456. The number of benzodiazepines with no additional fused rings is 1. The van der Waals surface area contributed by atoms with Gasteiger partial charge in [-0.3, -0.25) is 14.8 Å². The lowest BCUT2D eigenvalue weighted by molar-refractivity contribution is -0.121. The molecule has 2 atom stereocenters. The fourth-order valence-electron chi connectivity index (χ4n) is 3.43. The average Bonchev–Trinajstić information content (AvgIpc) is 2.90. The Bertz CT molecular complexity index is 1040. The Morgan fingerprint density at radius 1 is 1.22 bits per heavy atom. The lowest BCUT2D eigenvalue weighted by Crippen LogP contribution is -2.43. The van der Waals surface area contributed by atoms with E-state index in [9.17, 15) is 9.90 Å². The van der Waals surface area contributed by atoms with E-state index in [4.69, 9.17) is 28.2 Å². The number of benzene rings is 2. The van der Waals surface area contributed by atoms with Crippen molar-refractivity contribution in [2.45, 2.75) is 45.8 Å².